The van der Waals surface area contributed by atoms with E-state index in [0.717, 1.165) is 15.8 Å². The maximum atomic E-state index is 6.25. The smallest absolute Gasteiger partial charge is 0.140 e. The third-order valence-corrected chi connectivity index (χ3v) is 4.05. The van der Waals surface area contributed by atoms with Gasteiger partial charge in [0.2, 0.25) is 0 Å². The first-order valence-corrected chi connectivity index (χ1v) is 7.70. The zero-order chi connectivity index (χ0) is 15.4. The number of halogens is 2. The summed E-state index contributed by atoms with van der Waals surface area (Å²) < 4.78 is 12.0. The fourth-order valence-electron chi connectivity index (χ4n) is 2.00. The van der Waals surface area contributed by atoms with Gasteiger partial charge in [0.05, 0.1) is 11.6 Å². The van der Waals surface area contributed by atoms with E-state index in [1.165, 1.54) is 0 Å². The Kier molecular flexibility index (Phi) is 5.51. The highest BCUT2D eigenvalue weighted by atomic mass is 79.9. The molecule has 0 spiro atoms. The van der Waals surface area contributed by atoms with Crippen LogP contribution in [-0.4, -0.2) is 13.2 Å². The van der Waals surface area contributed by atoms with Gasteiger partial charge in [-0.1, -0.05) is 29.8 Å². The van der Waals surface area contributed by atoms with Crippen molar-refractivity contribution in [1.82, 2.24) is 0 Å². The lowest BCUT2D eigenvalue weighted by molar-refractivity contribution is 0.179. The average molecular weight is 371 g/mol. The summed E-state index contributed by atoms with van der Waals surface area (Å²) in [5, 5.41) is 0.643. The third-order valence-electron chi connectivity index (χ3n) is 3.08. The molecule has 0 saturated heterocycles. The van der Waals surface area contributed by atoms with E-state index >= 15 is 0 Å². The molecule has 21 heavy (non-hydrogen) atoms. The Morgan fingerprint density at radius 3 is 2.48 bits per heavy atom. The molecule has 0 radical (unpaired) electrons. The summed E-state index contributed by atoms with van der Waals surface area (Å²) in [6, 6.07) is 12.9. The van der Waals surface area contributed by atoms with Gasteiger partial charge in [0.25, 0.3) is 0 Å². The van der Waals surface area contributed by atoms with Crippen molar-refractivity contribution in [2.45, 2.75) is 19.1 Å². The minimum absolute atomic E-state index is 0.209. The van der Waals surface area contributed by atoms with Crippen LogP contribution in [-0.2, 0) is 0 Å². The Morgan fingerprint density at radius 2 is 1.90 bits per heavy atom. The van der Waals surface area contributed by atoms with Crippen molar-refractivity contribution in [3.8, 4) is 11.5 Å². The van der Waals surface area contributed by atoms with Crippen LogP contribution in [0.2, 0.25) is 5.02 Å². The molecular weight excluding hydrogens is 354 g/mol. The van der Waals surface area contributed by atoms with Gasteiger partial charge < -0.3 is 15.2 Å². The Labute approximate surface area is 138 Å². The van der Waals surface area contributed by atoms with Gasteiger partial charge in [-0.25, -0.2) is 0 Å². The van der Waals surface area contributed by atoms with E-state index in [0.29, 0.717) is 10.8 Å². The van der Waals surface area contributed by atoms with E-state index in [-0.39, 0.29) is 12.1 Å². The van der Waals surface area contributed by atoms with Gasteiger partial charge in [0.1, 0.15) is 17.6 Å². The topological polar surface area (TPSA) is 44.5 Å². The number of hydrogen-bond acceptors (Lipinski definition) is 3. The zero-order valence-electron chi connectivity index (χ0n) is 11.8. The van der Waals surface area contributed by atoms with Crippen molar-refractivity contribution >= 4 is 27.5 Å². The maximum Gasteiger partial charge on any atom is 0.140 e. The molecule has 0 fully saturated rings. The normalized spacial score (nSPS) is 13.6. The van der Waals surface area contributed by atoms with E-state index in [2.05, 4.69) is 15.9 Å². The highest BCUT2D eigenvalue weighted by molar-refractivity contribution is 9.10. The van der Waals surface area contributed by atoms with Crippen LogP contribution in [0.15, 0.2) is 46.9 Å². The molecule has 0 aliphatic rings. The molecule has 0 aliphatic heterocycles. The average Bonchev–Trinajstić information content (AvgIpc) is 2.46. The molecule has 2 N–H and O–H groups in total. The standard InChI is InChI=1S/C16H17BrClNO2/c1-10(19)16(12-5-3-4-6-14(12)18)21-15-8-7-11(20-2)9-13(15)17/h3-10,16H,19H2,1-2H3. The van der Waals surface area contributed by atoms with Gasteiger partial charge in [0.15, 0.2) is 0 Å². The summed E-state index contributed by atoms with van der Waals surface area (Å²) in [4.78, 5) is 0. The molecule has 3 nitrogen and oxygen atoms in total. The lowest BCUT2D eigenvalue weighted by Crippen LogP contribution is -2.29. The molecule has 2 aromatic rings. The molecule has 112 valence electrons. The van der Waals surface area contributed by atoms with Crippen LogP contribution in [0.4, 0.5) is 0 Å². The molecule has 2 aromatic carbocycles. The summed E-state index contributed by atoms with van der Waals surface area (Å²) >= 11 is 9.73. The Bertz CT molecular complexity index is 619. The molecule has 0 saturated carbocycles. The van der Waals surface area contributed by atoms with E-state index in [1.54, 1.807) is 7.11 Å². The van der Waals surface area contributed by atoms with Crippen molar-refractivity contribution < 1.29 is 9.47 Å². The highest BCUT2D eigenvalue weighted by Gasteiger charge is 2.21. The summed E-state index contributed by atoms with van der Waals surface area (Å²) in [6.45, 7) is 1.89. The van der Waals surface area contributed by atoms with Gasteiger partial charge >= 0.3 is 0 Å². The van der Waals surface area contributed by atoms with Crippen LogP contribution in [0.1, 0.15) is 18.6 Å². The van der Waals surface area contributed by atoms with E-state index in [4.69, 9.17) is 26.8 Å². The van der Waals surface area contributed by atoms with Gasteiger partial charge in [0, 0.05) is 16.6 Å². The maximum absolute atomic E-state index is 6.25. The van der Waals surface area contributed by atoms with E-state index < -0.39 is 0 Å². The van der Waals surface area contributed by atoms with Crippen LogP contribution in [0.25, 0.3) is 0 Å². The summed E-state index contributed by atoms with van der Waals surface area (Å²) in [5.41, 5.74) is 6.94. The number of rotatable bonds is 5. The Balaban J connectivity index is 2.31. The van der Waals surface area contributed by atoms with Crippen LogP contribution < -0.4 is 15.2 Å². The first kappa shape index (κ1) is 16.1. The molecule has 2 atom stereocenters. The van der Waals surface area contributed by atoms with E-state index in [9.17, 15) is 0 Å². The van der Waals surface area contributed by atoms with Gasteiger partial charge in [-0.15, -0.1) is 0 Å². The monoisotopic (exact) mass is 369 g/mol. The van der Waals surface area contributed by atoms with Crippen molar-refractivity contribution in [2.75, 3.05) is 7.11 Å². The minimum Gasteiger partial charge on any atom is -0.497 e. The largest absolute Gasteiger partial charge is 0.497 e. The molecule has 0 aliphatic carbocycles. The van der Waals surface area contributed by atoms with Crippen molar-refractivity contribution in [2.24, 2.45) is 5.73 Å². The van der Waals surface area contributed by atoms with Crippen LogP contribution in [0.5, 0.6) is 11.5 Å². The predicted octanol–water partition coefficient (Wildman–Crippen LogP) is 4.58. The van der Waals surface area contributed by atoms with Crippen molar-refractivity contribution in [3.63, 3.8) is 0 Å². The summed E-state index contributed by atoms with van der Waals surface area (Å²) in [5.74, 6) is 1.45. The summed E-state index contributed by atoms with van der Waals surface area (Å²) in [6.07, 6.45) is -0.330. The van der Waals surface area contributed by atoms with Crippen LogP contribution in [0, 0.1) is 0 Å². The molecule has 2 rings (SSSR count). The quantitative estimate of drug-likeness (QED) is 0.838. The SMILES string of the molecule is COc1ccc(OC(c2ccccc2Cl)C(C)N)c(Br)c1. The minimum atomic E-state index is -0.330. The third kappa shape index (κ3) is 3.90. The fraction of sp³-hybridized carbons (Fsp3) is 0.250. The van der Waals surface area contributed by atoms with Gasteiger partial charge in [-0.2, -0.15) is 0 Å². The second-order valence-electron chi connectivity index (χ2n) is 4.72. The van der Waals surface area contributed by atoms with Crippen molar-refractivity contribution in [3.05, 3.63) is 57.5 Å². The molecule has 0 amide bonds. The lowest BCUT2D eigenvalue weighted by Gasteiger charge is -2.24. The predicted molar refractivity (Wildman–Crippen MR) is 89.2 cm³/mol. The molecule has 0 heterocycles. The first-order valence-electron chi connectivity index (χ1n) is 6.53. The lowest BCUT2D eigenvalue weighted by atomic mass is 10.0. The fourth-order valence-corrected chi connectivity index (χ4v) is 2.70. The van der Waals surface area contributed by atoms with Crippen LogP contribution in [0.3, 0.4) is 0 Å². The van der Waals surface area contributed by atoms with E-state index in [1.807, 2.05) is 49.4 Å². The highest BCUT2D eigenvalue weighted by Crippen LogP contribution is 2.35. The number of methoxy groups -OCH3 is 1. The second-order valence-corrected chi connectivity index (χ2v) is 5.98. The number of ether oxygens (including phenoxy) is 2. The van der Waals surface area contributed by atoms with Gasteiger partial charge in [-0.05, 0) is 47.1 Å². The van der Waals surface area contributed by atoms with Crippen molar-refractivity contribution in [1.29, 1.82) is 0 Å². The zero-order valence-corrected chi connectivity index (χ0v) is 14.2. The molecule has 2 unspecified atom stereocenters. The molecule has 0 aromatic heterocycles. The second kappa shape index (κ2) is 7.16. The van der Waals surface area contributed by atoms with Gasteiger partial charge in [-0.3, -0.25) is 0 Å². The number of hydrogen-bond donors (Lipinski definition) is 1. The molecular formula is C16H17BrClNO2. The first-order chi connectivity index (χ1) is 10.0. The Morgan fingerprint density at radius 1 is 1.19 bits per heavy atom. The molecule has 0 bridgehead atoms. The van der Waals surface area contributed by atoms with Crippen LogP contribution >= 0.6 is 27.5 Å². The molecule has 5 heteroatoms. The summed E-state index contributed by atoms with van der Waals surface area (Å²) in [7, 11) is 1.62. The Hall–Kier alpha value is -1.23. The number of nitrogens with two attached hydrogens (primary N) is 1. The number of benzene rings is 2.